The third kappa shape index (κ3) is 1.14. The van der Waals surface area contributed by atoms with E-state index in [1.54, 1.807) is 0 Å². The second kappa shape index (κ2) is 3.20. The molecule has 0 saturated carbocycles. The molecule has 0 bridgehead atoms. The summed E-state index contributed by atoms with van der Waals surface area (Å²) in [5, 5.41) is 14.6. The number of aromatic nitrogens is 1. The van der Waals surface area contributed by atoms with Gasteiger partial charge in [0.15, 0.2) is 0 Å². The van der Waals surface area contributed by atoms with Crippen molar-refractivity contribution in [3.8, 4) is 11.5 Å². The van der Waals surface area contributed by atoms with Gasteiger partial charge in [-0.05, 0) is 28.1 Å². The summed E-state index contributed by atoms with van der Waals surface area (Å²) in [7, 11) is 0. The first-order valence-electron chi connectivity index (χ1n) is 5.58. The second-order valence-corrected chi connectivity index (χ2v) is 4.18. The Morgan fingerprint density at radius 2 is 1.89 bits per heavy atom. The van der Waals surface area contributed by atoms with Crippen molar-refractivity contribution >= 4 is 21.7 Å². The molecule has 4 heteroatoms. The van der Waals surface area contributed by atoms with Gasteiger partial charge < -0.3 is 8.94 Å². The molecular weight excluding hydrogens is 228 g/mol. The van der Waals surface area contributed by atoms with Crippen molar-refractivity contribution in [3.63, 3.8) is 0 Å². The molecule has 0 amide bonds. The first kappa shape index (κ1) is 9.41. The highest BCUT2D eigenvalue weighted by molar-refractivity contribution is 6.06. The zero-order chi connectivity index (χ0) is 12.1. The van der Waals surface area contributed by atoms with Gasteiger partial charge in [0, 0.05) is 5.39 Å². The topological polar surface area (TPSA) is 63.0 Å². The van der Waals surface area contributed by atoms with Crippen molar-refractivity contribution in [1.82, 2.24) is 5.16 Å². The van der Waals surface area contributed by atoms with Crippen LogP contribution in [-0.4, -0.2) is 5.16 Å². The summed E-state index contributed by atoms with van der Waals surface area (Å²) in [6.45, 7) is 0. The number of benzene rings is 2. The minimum Gasteiger partial charge on any atom is -0.435 e. The smallest absolute Gasteiger partial charge is 0.269 e. The number of hydrogen-bond acceptors (Lipinski definition) is 4. The van der Waals surface area contributed by atoms with Gasteiger partial charge in [-0.2, -0.15) is 0 Å². The first-order valence-corrected chi connectivity index (χ1v) is 5.58. The summed E-state index contributed by atoms with van der Waals surface area (Å²) in [4.78, 5) is 0. The molecule has 0 spiro atoms. The highest BCUT2D eigenvalue weighted by atomic mass is 16.5. The zero-order valence-corrected chi connectivity index (χ0v) is 9.31. The number of hydrogen-bond donors (Lipinski definition) is 1. The van der Waals surface area contributed by atoms with Crippen molar-refractivity contribution in [1.29, 1.82) is 5.41 Å². The molecule has 1 N–H and O–H groups in total. The van der Waals surface area contributed by atoms with E-state index in [1.165, 1.54) is 0 Å². The average Bonchev–Trinajstić information content (AvgIpc) is 2.78. The summed E-state index contributed by atoms with van der Waals surface area (Å²) < 4.78 is 10.5. The van der Waals surface area contributed by atoms with Gasteiger partial charge in [-0.1, -0.05) is 30.3 Å². The Labute approximate surface area is 101 Å². The van der Waals surface area contributed by atoms with E-state index in [1.807, 2.05) is 42.5 Å². The van der Waals surface area contributed by atoms with Crippen LogP contribution in [0.2, 0.25) is 0 Å². The Hall–Kier alpha value is -2.62. The number of nitrogens with one attached hydrogen (secondary N) is 1. The van der Waals surface area contributed by atoms with E-state index in [2.05, 4.69) is 5.16 Å². The molecule has 0 unspecified atom stereocenters. The van der Waals surface area contributed by atoms with Crippen LogP contribution in [0, 0.1) is 5.41 Å². The van der Waals surface area contributed by atoms with Crippen molar-refractivity contribution < 1.29 is 8.94 Å². The minimum absolute atomic E-state index is 0.0311. The third-order valence-electron chi connectivity index (χ3n) is 3.12. The summed E-state index contributed by atoms with van der Waals surface area (Å²) in [6.07, 6.45) is 0. The molecule has 0 fully saturated rings. The third-order valence-corrected chi connectivity index (χ3v) is 3.12. The predicted molar refractivity (Wildman–Crippen MR) is 66.3 cm³/mol. The Bertz CT molecular complexity index is 904. The van der Waals surface area contributed by atoms with E-state index in [0.29, 0.717) is 11.5 Å². The minimum atomic E-state index is 0.0311. The number of nitrogens with zero attached hydrogens (tertiary/aromatic N) is 1. The molecule has 18 heavy (non-hydrogen) atoms. The van der Waals surface area contributed by atoms with E-state index < -0.39 is 0 Å². The lowest BCUT2D eigenvalue weighted by molar-refractivity contribution is 0.368. The van der Waals surface area contributed by atoms with E-state index in [-0.39, 0.29) is 5.55 Å². The number of rotatable bonds is 0. The van der Waals surface area contributed by atoms with Gasteiger partial charge in [-0.15, -0.1) is 0 Å². The highest BCUT2D eigenvalue weighted by Crippen LogP contribution is 2.30. The molecule has 4 rings (SSSR count). The van der Waals surface area contributed by atoms with Gasteiger partial charge in [0.05, 0.1) is 0 Å². The SMILES string of the molecule is N=c1onc2oc3ccc4ccccc4c3cc1-2. The molecule has 0 saturated heterocycles. The fourth-order valence-electron chi connectivity index (χ4n) is 2.25. The Morgan fingerprint density at radius 3 is 2.83 bits per heavy atom. The standard InChI is InChI=1S/C14H8N2O2/c15-13-11-7-10-9-4-2-1-3-8(9)5-6-12(10)17-14(11)16-18-13/h1-7,15H. The lowest BCUT2D eigenvalue weighted by Crippen LogP contribution is -1.95. The maximum atomic E-state index is 7.64. The quantitative estimate of drug-likeness (QED) is 0.477. The first-order chi connectivity index (χ1) is 8.83. The van der Waals surface area contributed by atoms with E-state index in [0.717, 1.165) is 21.7 Å². The van der Waals surface area contributed by atoms with E-state index >= 15 is 0 Å². The van der Waals surface area contributed by atoms with Crippen LogP contribution in [0.5, 0.6) is 0 Å². The van der Waals surface area contributed by atoms with Gasteiger partial charge in [0.25, 0.3) is 11.4 Å². The summed E-state index contributed by atoms with van der Waals surface area (Å²) >= 11 is 0. The molecule has 0 aliphatic carbocycles. The van der Waals surface area contributed by atoms with Crippen LogP contribution < -0.4 is 5.55 Å². The average molecular weight is 236 g/mol. The molecule has 0 atom stereocenters. The highest BCUT2D eigenvalue weighted by Gasteiger charge is 2.15. The summed E-state index contributed by atoms with van der Waals surface area (Å²) in [5.41, 5.74) is 1.37. The van der Waals surface area contributed by atoms with Crippen LogP contribution >= 0.6 is 0 Å². The monoisotopic (exact) mass is 236 g/mol. The molecule has 0 aromatic heterocycles. The zero-order valence-electron chi connectivity index (χ0n) is 9.31. The van der Waals surface area contributed by atoms with Crippen LogP contribution in [0.4, 0.5) is 0 Å². The number of fused-ring (bicyclic) bond motifs is 4. The van der Waals surface area contributed by atoms with E-state index in [4.69, 9.17) is 14.3 Å². The molecule has 2 aliphatic rings. The largest absolute Gasteiger partial charge is 0.435 e. The maximum Gasteiger partial charge on any atom is 0.269 e. The molecule has 0 radical (unpaired) electrons. The summed E-state index contributed by atoms with van der Waals surface area (Å²) in [5.74, 6) is 0.364. The summed E-state index contributed by atoms with van der Waals surface area (Å²) in [6, 6.07) is 13.9. The lowest BCUT2D eigenvalue weighted by atomic mass is 10.0. The van der Waals surface area contributed by atoms with Crippen LogP contribution in [0.15, 0.2) is 51.4 Å². The Balaban J connectivity index is 2.30. The molecule has 86 valence electrons. The van der Waals surface area contributed by atoms with Crippen molar-refractivity contribution in [2.75, 3.05) is 0 Å². The normalized spacial score (nSPS) is 11.6. The molecular formula is C14H8N2O2. The van der Waals surface area contributed by atoms with Gasteiger partial charge in [0.1, 0.15) is 11.1 Å². The van der Waals surface area contributed by atoms with Crippen LogP contribution in [0.3, 0.4) is 0 Å². The van der Waals surface area contributed by atoms with Gasteiger partial charge in [-0.25, -0.2) is 0 Å². The Morgan fingerprint density at radius 1 is 1.00 bits per heavy atom. The van der Waals surface area contributed by atoms with Crippen LogP contribution in [0.25, 0.3) is 33.2 Å². The molecule has 2 aliphatic heterocycles. The van der Waals surface area contributed by atoms with Crippen LogP contribution in [-0.2, 0) is 0 Å². The van der Waals surface area contributed by atoms with Crippen molar-refractivity contribution in [2.24, 2.45) is 0 Å². The van der Waals surface area contributed by atoms with Gasteiger partial charge >= 0.3 is 0 Å². The van der Waals surface area contributed by atoms with Crippen molar-refractivity contribution in [2.45, 2.75) is 0 Å². The molecule has 2 heterocycles. The predicted octanol–water partition coefficient (Wildman–Crippen LogP) is 3.16. The lowest BCUT2D eigenvalue weighted by Gasteiger charge is -2.04. The maximum absolute atomic E-state index is 7.64. The molecule has 2 aromatic rings. The van der Waals surface area contributed by atoms with Gasteiger partial charge in [-0.3, -0.25) is 5.41 Å². The fraction of sp³-hybridized carbons (Fsp3) is 0. The Kier molecular flexibility index (Phi) is 1.67. The van der Waals surface area contributed by atoms with E-state index in [9.17, 15) is 0 Å². The van der Waals surface area contributed by atoms with Crippen molar-refractivity contribution in [3.05, 3.63) is 48.0 Å². The van der Waals surface area contributed by atoms with Gasteiger partial charge in [0.2, 0.25) is 0 Å². The fourth-order valence-corrected chi connectivity index (χ4v) is 2.25. The van der Waals surface area contributed by atoms with Crippen LogP contribution in [0.1, 0.15) is 0 Å². The molecule has 2 aromatic carbocycles. The molecule has 4 nitrogen and oxygen atoms in total. The second-order valence-electron chi connectivity index (χ2n) is 4.18.